The summed E-state index contributed by atoms with van der Waals surface area (Å²) in [6.45, 7) is 3.36. The molecule has 2 aliphatic heterocycles. The van der Waals surface area contributed by atoms with Crippen LogP contribution in [0.5, 0.6) is 0 Å². The lowest BCUT2D eigenvalue weighted by Crippen LogP contribution is -2.36. The molecule has 5 rings (SSSR count). The molecule has 0 radical (unpaired) electrons. The molecule has 3 N–H and O–H groups in total. The van der Waals surface area contributed by atoms with Crippen molar-refractivity contribution >= 4 is 17.3 Å². The average molecular weight is 426 g/mol. The van der Waals surface area contributed by atoms with E-state index in [0.717, 1.165) is 23.2 Å². The van der Waals surface area contributed by atoms with E-state index in [4.69, 9.17) is 0 Å². The van der Waals surface area contributed by atoms with Crippen molar-refractivity contribution < 1.29 is 13.6 Å². The fraction of sp³-hybridized carbons (Fsp3) is 0.480. The number of benzene rings is 2. The molecule has 2 aromatic rings. The highest BCUT2D eigenvalue weighted by molar-refractivity contribution is 5.99. The van der Waals surface area contributed by atoms with Crippen LogP contribution in [0, 0.1) is 24.5 Å². The molecule has 1 saturated carbocycles. The number of fused-ring (bicyclic) bond motifs is 2. The number of amides is 1. The molecule has 2 atom stereocenters. The summed E-state index contributed by atoms with van der Waals surface area (Å²) in [5.41, 5.74) is 4.75. The number of halogens is 2. The number of carbonyl (C=O) groups excluding carboxylic acids is 1. The average Bonchev–Trinajstić information content (AvgIpc) is 3.23. The lowest BCUT2D eigenvalue weighted by atomic mass is 9.74. The molecule has 164 valence electrons. The van der Waals surface area contributed by atoms with Crippen LogP contribution in [0.1, 0.15) is 60.3 Å². The highest BCUT2D eigenvalue weighted by Gasteiger charge is 2.34. The van der Waals surface area contributed by atoms with E-state index < -0.39 is 6.04 Å². The smallest absolute Gasteiger partial charge is 0.247 e. The number of anilines is 2. The van der Waals surface area contributed by atoms with Gasteiger partial charge in [0.05, 0.1) is 0 Å². The third kappa shape index (κ3) is 3.82. The minimum absolute atomic E-state index is 0.247. The van der Waals surface area contributed by atoms with E-state index >= 15 is 0 Å². The minimum Gasteiger partial charge on any atom is -0.373 e. The van der Waals surface area contributed by atoms with Gasteiger partial charge in [0.25, 0.3) is 0 Å². The number of aryl methyl sites for hydroxylation is 1. The van der Waals surface area contributed by atoms with E-state index in [2.05, 4.69) is 16.0 Å². The van der Waals surface area contributed by atoms with Gasteiger partial charge in [-0.05, 0) is 60.6 Å². The zero-order valence-electron chi connectivity index (χ0n) is 17.9. The van der Waals surface area contributed by atoms with E-state index in [1.807, 2.05) is 6.92 Å². The standard InChI is InChI=1S/C25H29F2N3O/c1-14-7-8-20(27)18-11-22(29-24(14)18)25(31)30-21-10-17(26)9-16-12-28-13-19(23(16)21)15-5-3-2-4-6-15/h7-10,15,19,22,28-29H,2-6,11-13H2,1H3,(H,30,31). The molecule has 0 bridgehead atoms. The number of hydrogen-bond acceptors (Lipinski definition) is 3. The fourth-order valence-corrected chi connectivity index (χ4v) is 5.71. The summed E-state index contributed by atoms with van der Waals surface area (Å²) in [5, 5.41) is 9.62. The van der Waals surface area contributed by atoms with Crippen LogP contribution in [0.25, 0.3) is 0 Å². The van der Waals surface area contributed by atoms with Crippen molar-refractivity contribution in [3.8, 4) is 0 Å². The van der Waals surface area contributed by atoms with Gasteiger partial charge in [-0.15, -0.1) is 0 Å². The normalized spacial score (nSPS) is 23.1. The number of nitrogens with one attached hydrogen (secondary N) is 3. The van der Waals surface area contributed by atoms with Gasteiger partial charge in [0, 0.05) is 42.4 Å². The molecule has 6 heteroatoms. The Bertz CT molecular complexity index is 985. The summed E-state index contributed by atoms with van der Waals surface area (Å²) in [6.07, 6.45) is 6.38. The molecule has 1 fully saturated rings. The Morgan fingerprint density at radius 1 is 1.13 bits per heavy atom. The molecule has 2 unspecified atom stereocenters. The molecule has 0 spiro atoms. The van der Waals surface area contributed by atoms with Gasteiger partial charge in [-0.3, -0.25) is 4.79 Å². The zero-order chi connectivity index (χ0) is 21.5. The van der Waals surface area contributed by atoms with Crippen molar-refractivity contribution in [2.75, 3.05) is 17.2 Å². The summed E-state index contributed by atoms with van der Waals surface area (Å²) in [5.74, 6) is -0.0659. The Labute approximate surface area is 181 Å². The summed E-state index contributed by atoms with van der Waals surface area (Å²) in [6, 6.07) is 5.63. The van der Waals surface area contributed by atoms with E-state index in [9.17, 15) is 13.6 Å². The maximum atomic E-state index is 14.4. The molecule has 0 saturated heterocycles. The summed E-state index contributed by atoms with van der Waals surface area (Å²) in [4.78, 5) is 13.2. The molecule has 2 aromatic carbocycles. The predicted molar refractivity (Wildman–Crippen MR) is 118 cm³/mol. The Kier molecular flexibility index (Phi) is 5.42. The van der Waals surface area contributed by atoms with Gasteiger partial charge in [-0.1, -0.05) is 25.3 Å². The van der Waals surface area contributed by atoms with Crippen molar-refractivity contribution in [2.45, 2.75) is 64.0 Å². The maximum Gasteiger partial charge on any atom is 0.247 e. The van der Waals surface area contributed by atoms with Gasteiger partial charge < -0.3 is 16.0 Å². The maximum absolute atomic E-state index is 14.4. The van der Waals surface area contributed by atoms with Crippen molar-refractivity contribution in [3.05, 3.63) is 58.2 Å². The highest BCUT2D eigenvalue weighted by Crippen LogP contribution is 2.42. The van der Waals surface area contributed by atoms with Crippen molar-refractivity contribution in [1.82, 2.24) is 5.32 Å². The van der Waals surface area contributed by atoms with E-state index in [0.29, 0.717) is 35.8 Å². The first-order valence-electron chi connectivity index (χ1n) is 11.4. The largest absolute Gasteiger partial charge is 0.373 e. The van der Waals surface area contributed by atoms with E-state index in [1.165, 1.54) is 44.2 Å². The van der Waals surface area contributed by atoms with Crippen molar-refractivity contribution in [3.63, 3.8) is 0 Å². The second-order valence-corrected chi connectivity index (χ2v) is 9.27. The second kappa shape index (κ2) is 8.23. The van der Waals surface area contributed by atoms with E-state index in [1.54, 1.807) is 12.1 Å². The SMILES string of the molecule is Cc1ccc(F)c2c1NC(C(=O)Nc1cc(F)cc3c1C(C1CCCCC1)CNC3)C2. The van der Waals surface area contributed by atoms with Gasteiger partial charge in [0.1, 0.15) is 17.7 Å². The van der Waals surface area contributed by atoms with Gasteiger partial charge in [0.2, 0.25) is 5.91 Å². The highest BCUT2D eigenvalue weighted by atomic mass is 19.1. The van der Waals surface area contributed by atoms with Gasteiger partial charge in [0.15, 0.2) is 0 Å². The first-order chi connectivity index (χ1) is 15.0. The van der Waals surface area contributed by atoms with Crippen molar-refractivity contribution in [1.29, 1.82) is 0 Å². The number of hydrogen-bond donors (Lipinski definition) is 3. The Balaban J connectivity index is 1.42. The quantitative estimate of drug-likeness (QED) is 0.648. The van der Waals surface area contributed by atoms with Crippen LogP contribution in [0.4, 0.5) is 20.2 Å². The molecule has 2 heterocycles. The molecule has 4 nitrogen and oxygen atoms in total. The first-order valence-corrected chi connectivity index (χ1v) is 11.4. The molecule has 0 aromatic heterocycles. The molecule has 31 heavy (non-hydrogen) atoms. The minimum atomic E-state index is -0.570. The van der Waals surface area contributed by atoms with E-state index in [-0.39, 0.29) is 23.5 Å². The Morgan fingerprint density at radius 2 is 1.94 bits per heavy atom. The van der Waals surface area contributed by atoms with Crippen LogP contribution >= 0.6 is 0 Å². The summed E-state index contributed by atoms with van der Waals surface area (Å²) >= 11 is 0. The van der Waals surface area contributed by atoms with Crippen LogP contribution in [-0.2, 0) is 17.8 Å². The lowest BCUT2D eigenvalue weighted by Gasteiger charge is -2.36. The van der Waals surface area contributed by atoms with Crippen molar-refractivity contribution in [2.24, 2.45) is 5.92 Å². The molecule has 3 aliphatic rings. The zero-order valence-corrected chi connectivity index (χ0v) is 17.9. The second-order valence-electron chi connectivity index (χ2n) is 9.27. The van der Waals surface area contributed by atoms with Gasteiger partial charge in [-0.2, -0.15) is 0 Å². The Hall–Kier alpha value is -2.47. The van der Waals surface area contributed by atoms with Crippen LogP contribution in [0.3, 0.4) is 0 Å². The third-order valence-electron chi connectivity index (χ3n) is 7.27. The molecule has 1 amide bonds. The third-order valence-corrected chi connectivity index (χ3v) is 7.27. The van der Waals surface area contributed by atoms with Crippen LogP contribution in [0.15, 0.2) is 24.3 Å². The topological polar surface area (TPSA) is 53.2 Å². The van der Waals surface area contributed by atoms with Crippen LogP contribution < -0.4 is 16.0 Å². The fourth-order valence-electron chi connectivity index (χ4n) is 5.71. The summed E-state index contributed by atoms with van der Waals surface area (Å²) in [7, 11) is 0. The van der Waals surface area contributed by atoms with Crippen LogP contribution in [0.2, 0.25) is 0 Å². The van der Waals surface area contributed by atoms with Gasteiger partial charge in [-0.25, -0.2) is 8.78 Å². The lowest BCUT2D eigenvalue weighted by molar-refractivity contribution is -0.116. The number of carbonyl (C=O) groups is 1. The predicted octanol–water partition coefficient (Wildman–Crippen LogP) is 5.02. The molecular formula is C25H29F2N3O. The summed E-state index contributed by atoms with van der Waals surface area (Å²) < 4.78 is 28.7. The first kappa shape index (κ1) is 20.4. The van der Waals surface area contributed by atoms with Gasteiger partial charge >= 0.3 is 0 Å². The number of rotatable bonds is 3. The molecule has 1 aliphatic carbocycles. The monoisotopic (exact) mass is 425 g/mol. The van der Waals surface area contributed by atoms with Crippen LogP contribution in [-0.4, -0.2) is 18.5 Å². The molecular weight excluding hydrogens is 396 g/mol. The Morgan fingerprint density at radius 3 is 2.71 bits per heavy atom.